The Bertz CT molecular complexity index is 607. The molecule has 0 spiro atoms. The van der Waals surface area contributed by atoms with E-state index in [1.54, 1.807) is 6.07 Å². The number of nitrogens with zero attached hydrogens (tertiary/aromatic N) is 1. The third kappa shape index (κ3) is 2.37. The van der Waals surface area contributed by atoms with Crippen LogP contribution in [-0.4, -0.2) is 14.5 Å². The molecule has 6 heteroatoms. The van der Waals surface area contributed by atoms with Crippen LogP contribution < -0.4 is 4.72 Å². The van der Waals surface area contributed by atoms with Crippen LogP contribution >= 0.6 is 0 Å². The van der Waals surface area contributed by atoms with E-state index in [1.165, 1.54) is 12.1 Å². The van der Waals surface area contributed by atoms with Crippen molar-refractivity contribution in [3.63, 3.8) is 0 Å². The van der Waals surface area contributed by atoms with Gasteiger partial charge in [-0.15, -0.1) is 0 Å². The predicted molar refractivity (Wildman–Crippen MR) is 63.6 cm³/mol. The van der Waals surface area contributed by atoms with Gasteiger partial charge >= 0.3 is 0 Å². The highest BCUT2D eigenvalue weighted by Crippen LogP contribution is 2.34. The first-order valence-corrected chi connectivity index (χ1v) is 7.19. The molecule has 1 aromatic rings. The summed E-state index contributed by atoms with van der Waals surface area (Å²) in [4.78, 5) is -0.285. The molecule has 1 aromatic carbocycles. The molecule has 1 aliphatic rings. The highest BCUT2D eigenvalue weighted by Gasteiger charge is 2.39. The summed E-state index contributed by atoms with van der Waals surface area (Å²) in [6, 6.07) is 5.11. The van der Waals surface area contributed by atoms with Crippen LogP contribution in [0.4, 0.5) is 4.39 Å². The van der Waals surface area contributed by atoms with Gasteiger partial charge in [0.2, 0.25) is 10.0 Å². The van der Waals surface area contributed by atoms with E-state index < -0.39 is 21.4 Å². The van der Waals surface area contributed by atoms with Gasteiger partial charge in [0.1, 0.15) is 22.3 Å². The first-order chi connectivity index (χ1) is 8.49. The maximum atomic E-state index is 13.4. The van der Waals surface area contributed by atoms with Gasteiger partial charge in [0, 0.05) is 6.04 Å². The van der Waals surface area contributed by atoms with Crippen LogP contribution in [0.3, 0.4) is 0 Å². The standard InChI is InChI=1S/C12H13FN2O2S/c1-2-8-6-11(8)15-18(16,17)12-5-3-4-10(13)9(12)7-14/h3-5,8,11,15H,2,6H2,1H3. The van der Waals surface area contributed by atoms with Crippen molar-refractivity contribution in [2.24, 2.45) is 5.92 Å². The fraction of sp³-hybridized carbons (Fsp3) is 0.417. The second kappa shape index (κ2) is 4.67. The third-order valence-electron chi connectivity index (χ3n) is 3.13. The summed E-state index contributed by atoms with van der Waals surface area (Å²) in [6.07, 6.45) is 1.70. The molecular formula is C12H13FN2O2S. The van der Waals surface area contributed by atoms with E-state index in [4.69, 9.17) is 5.26 Å². The van der Waals surface area contributed by atoms with Crippen molar-refractivity contribution in [2.75, 3.05) is 0 Å². The van der Waals surface area contributed by atoms with E-state index in [9.17, 15) is 12.8 Å². The van der Waals surface area contributed by atoms with Crippen LogP contribution in [0.1, 0.15) is 25.3 Å². The lowest BCUT2D eigenvalue weighted by Crippen LogP contribution is -2.28. The molecule has 1 fully saturated rings. The first kappa shape index (κ1) is 13.0. The van der Waals surface area contributed by atoms with E-state index in [0.29, 0.717) is 5.92 Å². The molecule has 1 aliphatic carbocycles. The molecule has 18 heavy (non-hydrogen) atoms. The summed E-state index contributed by atoms with van der Waals surface area (Å²) >= 11 is 0. The molecule has 1 saturated carbocycles. The summed E-state index contributed by atoms with van der Waals surface area (Å²) in [5.74, 6) is -0.470. The van der Waals surface area contributed by atoms with E-state index in [-0.39, 0.29) is 10.9 Å². The van der Waals surface area contributed by atoms with Crippen molar-refractivity contribution in [3.05, 3.63) is 29.6 Å². The Hall–Kier alpha value is -1.45. The van der Waals surface area contributed by atoms with Gasteiger partial charge in [0.15, 0.2) is 0 Å². The van der Waals surface area contributed by atoms with Crippen molar-refractivity contribution < 1.29 is 12.8 Å². The Morgan fingerprint density at radius 1 is 1.56 bits per heavy atom. The van der Waals surface area contributed by atoms with Gasteiger partial charge in [-0.05, 0) is 24.5 Å². The summed E-state index contributed by atoms with van der Waals surface area (Å²) in [6.45, 7) is 1.99. The highest BCUT2D eigenvalue weighted by molar-refractivity contribution is 7.89. The van der Waals surface area contributed by atoms with Gasteiger partial charge in [0.25, 0.3) is 0 Å². The second-order valence-electron chi connectivity index (χ2n) is 4.36. The zero-order chi connectivity index (χ0) is 13.3. The summed E-state index contributed by atoms with van der Waals surface area (Å²) in [5.41, 5.74) is -0.432. The number of nitriles is 1. The number of nitrogens with one attached hydrogen (secondary N) is 1. The Morgan fingerprint density at radius 3 is 2.83 bits per heavy atom. The Morgan fingerprint density at radius 2 is 2.28 bits per heavy atom. The van der Waals surface area contributed by atoms with Crippen LogP contribution in [-0.2, 0) is 10.0 Å². The lowest BCUT2D eigenvalue weighted by molar-refractivity contribution is 0.571. The van der Waals surface area contributed by atoms with Crippen LogP contribution in [0.25, 0.3) is 0 Å². The van der Waals surface area contributed by atoms with Gasteiger partial charge in [-0.3, -0.25) is 0 Å². The van der Waals surface area contributed by atoms with E-state index >= 15 is 0 Å². The SMILES string of the molecule is CCC1CC1NS(=O)(=O)c1cccc(F)c1C#N. The molecule has 0 aromatic heterocycles. The van der Waals surface area contributed by atoms with Crippen molar-refractivity contribution in [1.29, 1.82) is 5.26 Å². The monoisotopic (exact) mass is 268 g/mol. The smallest absolute Gasteiger partial charge is 0.208 e. The lowest BCUT2D eigenvalue weighted by atomic mass is 10.2. The molecule has 96 valence electrons. The zero-order valence-electron chi connectivity index (χ0n) is 9.85. The first-order valence-electron chi connectivity index (χ1n) is 5.70. The molecule has 0 bridgehead atoms. The van der Waals surface area contributed by atoms with Gasteiger partial charge in [-0.1, -0.05) is 19.4 Å². The summed E-state index contributed by atoms with van der Waals surface area (Å²) < 4.78 is 40.0. The average Bonchev–Trinajstić information content (AvgIpc) is 3.06. The van der Waals surface area contributed by atoms with Gasteiger partial charge in [-0.25, -0.2) is 17.5 Å². The fourth-order valence-corrected chi connectivity index (χ4v) is 3.43. The zero-order valence-corrected chi connectivity index (χ0v) is 10.7. The largest absolute Gasteiger partial charge is 0.242 e. The predicted octanol–water partition coefficient (Wildman–Crippen LogP) is 1.77. The van der Waals surface area contributed by atoms with Gasteiger partial charge in [0.05, 0.1) is 0 Å². The molecular weight excluding hydrogens is 255 g/mol. The van der Waals surface area contributed by atoms with Crippen LogP contribution in [0, 0.1) is 23.1 Å². The maximum absolute atomic E-state index is 13.4. The van der Waals surface area contributed by atoms with E-state index in [2.05, 4.69) is 4.72 Å². The number of benzene rings is 1. The number of hydrogen-bond acceptors (Lipinski definition) is 3. The normalized spacial score (nSPS) is 22.5. The molecule has 1 N–H and O–H groups in total. The van der Waals surface area contributed by atoms with Crippen molar-refractivity contribution in [3.8, 4) is 6.07 Å². The summed E-state index contributed by atoms with van der Waals surface area (Å²) in [5, 5.41) is 8.83. The molecule has 0 heterocycles. The third-order valence-corrected chi connectivity index (χ3v) is 4.66. The van der Waals surface area contributed by atoms with Crippen LogP contribution in [0.15, 0.2) is 23.1 Å². The minimum absolute atomic E-state index is 0.0881. The Labute approximate surface area is 105 Å². The molecule has 0 saturated heterocycles. The molecule has 2 atom stereocenters. The number of halogens is 1. The van der Waals surface area contributed by atoms with E-state index in [0.717, 1.165) is 18.9 Å². The molecule has 0 amide bonds. The minimum atomic E-state index is -3.82. The topological polar surface area (TPSA) is 70.0 Å². The maximum Gasteiger partial charge on any atom is 0.242 e. The fourth-order valence-electron chi connectivity index (χ4n) is 1.94. The highest BCUT2D eigenvalue weighted by atomic mass is 32.2. The quantitative estimate of drug-likeness (QED) is 0.904. The molecule has 2 unspecified atom stereocenters. The van der Waals surface area contributed by atoms with Crippen molar-refractivity contribution >= 4 is 10.0 Å². The van der Waals surface area contributed by atoms with E-state index in [1.807, 2.05) is 6.92 Å². The average molecular weight is 268 g/mol. The molecule has 4 nitrogen and oxygen atoms in total. The number of hydrogen-bond donors (Lipinski definition) is 1. The lowest BCUT2D eigenvalue weighted by Gasteiger charge is -2.08. The molecule has 2 rings (SSSR count). The number of rotatable bonds is 4. The summed E-state index contributed by atoms with van der Waals surface area (Å²) in [7, 11) is -3.82. The number of sulfonamides is 1. The minimum Gasteiger partial charge on any atom is -0.208 e. The van der Waals surface area contributed by atoms with Gasteiger partial charge < -0.3 is 0 Å². The second-order valence-corrected chi connectivity index (χ2v) is 6.04. The van der Waals surface area contributed by atoms with Crippen molar-refractivity contribution in [1.82, 2.24) is 4.72 Å². The van der Waals surface area contributed by atoms with Crippen LogP contribution in [0.2, 0.25) is 0 Å². The molecule has 0 aliphatic heterocycles. The van der Waals surface area contributed by atoms with Crippen molar-refractivity contribution in [2.45, 2.75) is 30.7 Å². The Balaban J connectivity index is 2.31. The molecule has 0 radical (unpaired) electrons. The Kier molecular flexibility index (Phi) is 3.37. The van der Waals surface area contributed by atoms with Gasteiger partial charge in [-0.2, -0.15) is 5.26 Å². The van der Waals surface area contributed by atoms with Crippen LogP contribution in [0.5, 0.6) is 0 Å².